The fourth-order valence-electron chi connectivity index (χ4n) is 1.23. The molecule has 1 amide bonds. The predicted octanol–water partition coefficient (Wildman–Crippen LogP) is 2.35. The Morgan fingerprint density at radius 3 is 2.81 bits per heavy atom. The maximum absolute atomic E-state index is 12.0. The van der Waals surface area contributed by atoms with E-state index < -0.39 is 0 Å². The Morgan fingerprint density at radius 2 is 2.38 bits per heavy atom. The summed E-state index contributed by atoms with van der Waals surface area (Å²) in [4.78, 5) is 14.1. The van der Waals surface area contributed by atoms with E-state index in [0.29, 0.717) is 11.5 Å². The molecule has 0 saturated heterocycles. The van der Waals surface area contributed by atoms with Gasteiger partial charge in [-0.25, -0.2) is 0 Å². The minimum absolute atomic E-state index is 0.0160. The van der Waals surface area contributed by atoms with Gasteiger partial charge in [0.1, 0.15) is 0 Å². The number of carbonyl (C=O) groups excluding carboxylic acids is 1. The van der Waals surface area contributed by atoms with Crippen molar-refractivity contribution in [2.24, 2.45) is 11.7 Å². The van der Waals surface area contributed by atoms with Crippen LogP contribution in [0, 0.1) is 8.80 Å². The highest BCUT2D eigenvalue weighted by molar-refractivity contribution is 14.1. The minimum Gasteiger partial charge on any atom is -0.393 e. The van der Waals surface area contributed by atoms with Gasteiger partial charge in [-0.3, -0.25) is 4.79 Å². The summed E-state index contributed by atoms with van der Waals surface area (Å²) in [7, 11) is 1.77. The van der Waals surface area contributed by atoms with E-state index in [1.165, 1.54) is 0 Å². The second kappa shape index (κ2) is 5.92. The van der Waals surface area contributed by atoms with Gasteiger partial charge in [-0.1, -0.05) is 19.1 Å². The lowest BCUT2D eigenvalue weighted by Gasteiger charge is -2.20. The third kappa shape index (κ3) is 3.67. The monoisotopic (exact) mass is 368 g/mol. The molecule has 0 bridgehead atoms. The number of hydrogen-bond donors (Lipinski definition) is 1. The number of nitrogens with zero attached hydrogens (tertiary/aromatic N) is 1. The van der Waals surface area contributed by atoms with Gasteiger partial charge in [-0.05, 0) is 28.7 Å². The molecule has 0 aliphatic carbocycles. The number of rotatable bonds is 4. The zero-order valence-electron chi connectivity index (χ0n) is 9.07. The number of amides is 1. The number of nitrogens with two attached hydrogens (primary N) is 1. The van der Waals surface area contributed by atoms with Crippen LogP contribution < -0.4 is 5.73 Å². The minimum atomic E-state index is 0.0160. The van der Waals surface area contributed by atoms with Crippen molar-refractivity contribution in [3.63, 3.8) is 0 Å². The smallest absolute Gasteiger partial charge is 0.254 e. The molecule has 1 heterocycles. The van der Waals surface area contributed by atoms with Crippen LogP contribution in [0.1, 0.15) is 17.3 Å². The molecule has 1 aromatic rings. The predicted molar refractivity (Wildman–Crippen MR) is 79.9 cm³/mol. The molecule has 88 valence electrons. The van der Waals surface area contributed by atoms with Crippen LogP contribution in [-0.4, -0.2) is 29.4 Å². The number of thiocarbonyl (C=S) groups is 1. The van der Waals surface area contributed by atoms with Crippen LogP contribution in [0.4, 0.5) is 0 Å². The largest absolute Gasteiger partial charge is 0.393 e. The van der Waals surface area contributed by atoms with Crippen LogP contribution in [0.15, 0.2) is 11.4 Å². The normalized spacial score (nSPS) is 12.2. The summed E-state index contributed by atoms with van der Waals surface area (Å²) in [5, 5.41) is 1.87. The van der Waals surface area contributed by atoms with Crippen molar-refractivity contribution in [3.8, 4) is 0 Å². The Bertz CT molecular complexity index is 405. The number of hydrogen-bond acceptors (Lipinski definition) is 3. The van der Waals surface area contributed by atoms with Crippen molar-refractivity contribution in [1.29, 1.82) is 0 Å². The van der Waals surface area contributed by atoms with Crippen LogP contribution in [0.3, 0.4) is 0 Å². The van der Waals surface area contributed by atoms with Crippen molar-refractivity contribution in [3.05, 3.63) is 19.9 Å². The van der Waals surface area contributed by atoms with Crippen molar-refractivity contribution >= 4 is 57.0 Å². The lowest BCUT2D eigenvalue weighted by atomic mass is 10.1. The van der Waals surface area contributed by atoms with E-state index in [1.807, 2.05) is 18.4 Å². The molecule has 0 fully saturated rings. The van der Waals surface area contributed by atoms with E-state index in [2.05, 4.69) is 22.6 Å². The molecule has 16 heavy (non-hydrogen) atoms. The molecule has 3 nitrogen and oxygen atoms in total. The van der Waals surface area contributed by atoms with E-state index in [9.17, 15) is 4.79 Å². The first-order valence-corrected chi connectivity index (χ1v) is 7.07. The Balaban J connectivity index is 2.64. The summed E-state index contributed by atoms with van der Waals surface area (Å²) >= 11 is 8.65. The Labute approximate surface area is 118 Å². The average molecular weight is 368 g/mol. The summed E-state index contributed by atoms with van der Waals surface area (Å²) in [6.07, 6.45) is 0. The van der Waals surface area contributed by atoms with Crippen molar-refractivity contribution in [1.82, 2.24) is 4.90 Å². The molecule has 1 atom stereocenters. The van der Waals surface area contributed by atoms with Gasteiger partial charge in [0.25, 0.3) is 5.91 Å². The quantitative estimate of drug-likeness (QED) is 0.656. The van der Waals surface area contributed by atoms with Gasteiger partial charge in [0.15, 0.2) is 0 Å². The van der Waals surface area contributed by atoms with Crippen LogP contribution in [0.25, 0.3) is 0 Å². The number of carbonyl (C=O) groups is 1. The SMILES string of the molecule is CC(CN(C)C(=O)c1csc(I)c1)C(N)=S. The second-order valence-corrected chi connectivity index (χ2v) is 6.91. The molecule has 0 saturated carbocycles. The zero-order valence-corrected chi connectivity index (χ0v) is 12.9. The highest BCUT2D eigenvalue weighted by atomic mass is 127. The molecular formula is C10H13IN2OS2. The summed E-state index contributed by atoms with van der Waals surface area (Å²) in [6.45, 7) is 2.48. The molecule has 6 heteroatoms. The molecule has 0 aromatic carbocycles. The second-order valence-electron chi connectivity index (χ2n) is 3.63. The molecule has 1 aromatic heterocycles. The fraction of sp³-hybridized carbons (Fsp3) is 0.400. The molecule has 0 aliphatic rings. The standard InChI is InChI=1S/C10H13IN2OS2/c1-6(9(12)15)4-13(2)10(14)7-3-8(11)16-5-7/h3,5-6H,4H2,1-2H3,(H2,12,15). The van der Waals surface area contributed by atoms with Gasteiger partial charge < -0.3 is 10.6 Å². The fourth-order valence-corrected chi connectivity index (χ4v) is 2.62. The topological polar surface area (TPSA) is 46.3 Å². The van der Waals surface area contributed by atoms with E-state index in [1.54, 1.807) is 23.3 Å². The van der Waals surface area contributed by atoms with Crippen LogP contribution in [-0.2, 0) is 0 Å². The maximum Gasteiger partial charge on any atom is 0.254 e. The Hall–Kier alpha value is -0.210. The first kappa shape index (κ1) is 13.9. The van der Waals surface area contributed by atoms with Crippen molar-refractivity contribution in [2.75, 3.05) is 13.6 Å². The highest BCUT2D eigenvalue weighted by Crippen LogP contribution is 2.18. The Morgan fingerprint density at radius 1 is 1.75 bits per heavy atom. The molecule has 1 rings (SSSR count). The van der Waals surface area contributed by atoms with E-state index in [4.69, 9.17) is 18.0 Å². The average Bonchev–Trinajstić information content (AvgIpc) is 2.63. The summed E-state index contributed by atoms with van der Waals surface area (Å²) < 4.78 is 1.11. The molecular weight excluding hydrogens is 355 g/mol. The van der Waals surface area contributed by atoms with Gasteiger partial charge >= 0.3 is 0 Å². The van der Waals surface area contributed by atoms with E-state index in [0.717, 1.165) is 8.45 Å². The van der Waals surface area contributed by atoms with Gasteiger partial charge in [-0.15, -0.1) is 11.3 Å². The summed E-state index contributed by atoms with van der Waals surface area (Å²) in [5.41, 5.74) is 6.25. The molecule has 0 spiro atoms. The number of halogens is 1. The highest BCUT2D eigenvalue weighted by Gasteiger charge is 2.16. The maximum atomic E-state index is 12.0. The van der Waals surface area contributed by atoms with Crippen LogP contribution in [0.5, 0.6) is 0 Å². The first-order valence-electron chi connectivity index (χ1n) is 4.70. The zero-order chi connectivity index (χ0) is 12.3. The van der Waals surface area contributed by atoms with E-state index in [-0.39, 0.29) is 11.8 Å². The third-order valence-electron chi connectivity index (χ3n) is 2.19. The van der Waals surface area contributed by atoms with Crippen LogP contribution in [0.2, 0.25) is 0 Å². The van der Waals surface area contributed by atoms with Gasteiger partial charge in [0.2, 0.25) is 0 Å². The summed E-state index contributed by atoms with van der Waals surface area (Å²) in [6, 6.07) is 1.88. The first-order chi connectivity index (χ1) is 7.41. The van der Waals surface area contributed by atoms with Crippen LogP contribution >= 0.6 is 46.1 Å². The molecule has 1 unspecified atom stereocenters. The number of thiophene rings is 1. The summed E-state index contributed by atoms with van der Waals surface area (Å²) in [5.74, 6) is 0.0592. The van der Waals surface area contributed by atoms with Gasteiger partial charge in [-0.2, -0.15) is 0 Å². The lowest BCUT2D eigenvalue weighted by molar-refractivity contribution is 0.0787. The van der Waals surface area contributed by atoms with E-state index >= 15 is 0 Å². The molecule has 0 aliphatic heterocycles. The molecule has 2 N–H and O–H groups in total. The van der Waals surface area contributed by atoms with Crippen molar-refractivity contribution < 1.29 is 4.79 Å². The van der Waals surface area contributed by atoms with Gasteiger partial charge in [0.05, 0.1) is 13.4 Å². The third-order valence-corrected chi connectivity index (χ3v) is 4.39. The lowest BCUT2D eigenvalue weighted by Crippen LogP contribution is -2.35. The van der Waals surface area contributed by atoms with Crippen molar-refractivity contribution in [2.45, 2.75) is 6.92 Å². The Kier molecular flexibility index (Phi) is 5.13. The van der Waals surface area contributed by atoms with Gasteiger partial charge in [0, 0.05) is 24.9 Å². The molecule has 0 radical (unpaired) electrons.